The van der Waals surface area contributed by atoms with Gasteiger partial charge in [-0.2, -0.15) is 0 Å². The lowest BCUT2D eigenvalue weighted by Crippen LogP contribution is -2.24. The van der Waals surface area contributed by atoms with Crippen LogP contribution in [0.3, 0.4) is 0 Å². The SMILES string of the molecule is COc1ccccc1-c1nc(CN2CCCC(CCO)CC2)cs1. The van der Waals surface area contributed by atoms with Crippen molar-refractivity contribution >= 4 is 11.3 Å². The highest BCUT2D eigenvalue weighted by Crippen LogP contribution is 2.32. The van der Waals surface area contributed by atoms with Crippen LogP contribution in [0.4, 0.5) is 0 Å². The van der Waals surface area contributed by atoms with E-state index in [1.165, 1.54) is 19.3 Å². The zero-order valence-electron chi connectivity index (χ0n) is 14.3. The zero-order chi connectivity index (χ0) is 16.8. The van der Waals surface area contributed by atoms with Crippen LogP contribution in [0, 0.1) is 5.92 Å². The van der Waals surface area contributed by atoms with Crippen LogP contribution in [0.25, 0.3) is 10.6 Å². The molecular weight excluding hydrogens is 320 g/mol. The Labute approximate surface area is 148 Å². The first kappa shape index (κ1) is 17.4. The van der Waals surface area contributed by atoms with Crippen molar-refractivity contribution in [2.45, 2.75) is 32.2 Å². The summed E-state index contributed by atoms with van der Waals surface area (Å²) < 4.78 is 5.45. The fourth-order valence-corrected chi connectivity index (χ4v) is 4.25. The Kier molecular flexibility index (Phi) is 6.24. The van der Waals surface area contributed by atoms with Gasteiger partial charge >= 0.3 is 0 Å². The van der Waals surface area contributed by atoms with E-state index in [9.17, 15) is 0 Å². The molecule has 5 heteroatoms. The maximum atomic E-state index is 9.13. The number of aromatic nitrogens is 1. The summed E-state index contributed by atoms with van der Waals surface area (Å²) in [5, 5.41) is 12.3. The van der Waals surface area contributed by atoms with Gasteiger partial charge in [-0.25, -0.2) is 4.98 Å². The largest absolute Gasteiger partial charge is 0.496 e. The summed E-state index contributed by atoms with van der Waals surface area (Å²) in [5.41, 5.74) is 2.21. The Morgan fingerprint density at radius 1 is 1.29 bits per heavy atom. The minimum Gasteiger partial charge on any atom is -0.496 e. The minimum absolute atomic E-state index is 0.318. The van der Waals surface area contributed by atoms with Crippen LogP contribution in [-0.2, 0) is 6.54 Å². The molecule has 1 aromatic heterocycles. The highest BCUT2D eigenvalue weighted by atomic mass is 32.1. The van der Waals surface area contributed by atoms with Crippen molar-refractivity contribution in [3.63, 3.8) is 0 Å². The predicted octanol–water partition coefficient (Wildman–Crippen LogP) is 3.80. The lowest BCUT2D eigenvalue weighted by molar-refractivity contribution is 0.239. The molecule has 130 valence electrons. The van der Waals surface area contributed by atoms with E-state index in [-0.39, 0.29) is 0 Å². The van der Waals surface area contributed by atoms with Crippen molar-refractivity contribution < 1.29 is 9.84 Å². The molecule has 1 aliphatic rings. The number of aliphatic hydroxyl groups is 1. The van der Waals surface area contributed by atoms with E-state index < -0.39 is 0 Å². The molecule has 0 bridgehead atoms. The van der Waals surface area contributed by atoms with Crippen LogP contribution in [0.15, 0.2) is 29.6 Å². The lowest BCUT2D eigenvalue weighted by atomic mass is 9.98. The fraction of sp³-hybridized carbons (Fsp3) is 0.526. The molecule has 3 rings (SSSR count). The molecule has 1 saturated heterocycles. The first-order chi connectivity index (χ1) is 11.8. The number of aliphatic hydroxyl groups excluding tert-OH is 1. The second-order valence-corrected chi connectivity index (χ2v) is 7.29. The van der Waals surface area contributed by atoms with Crippen LogP contribution >= 0.6 is 11.3 Å². The lowest BCUT2D eigenvalue weighted by Gasteiger charge is -2.18. The molecule has 1 aromatic carbocycles. The summed E-state index contributed by atoms with van der Waals surface area (Å²) in [7, 11) is 1.70. The summed E-state index contributed by atoms with van der Waals surface area (Å²) in [4.78, 5) is 7.32. The number of para-hydroxylation sites is 1. The molecule has 2 heterocycles. The van der Waals surface area contributed by atoms with E-state index >= 15 is 0 Å². The molecule has 2 aromatic rings. The van der Waals surface area contributed by atoms with Crippen LogP contribution in [0.5, 0.6) is 5.75 Å². The Morgan fingerprint density at radius 3 is 3.00 bits per heavy atom. The quantitative estimate of drug-likeness (QED) is 0.864. The molecule has 1 unspecified atom stereocenters. The standard InChI is InChI=1S/C19H26N2O2S/c1-23-18-7-3-2-6-17(18)19-20-16(14-24-19)13-21-10-4-5-15(8-11-21)9-12-22/h2-3,6-7,14-15,22H,4-5,8-13H2,1H3. The predicted molar refractivity (Wildman–Crippen MR) is 98.4 cm³/mol. The molecular formula is C19H26N2O2S. The Morgan fingerprint density at radius 2 is 2.17 bits per heavy atom. The van der Waals surface area contributed by atoms with Crippen LogP contribution < -0.4 is 4.74 Å². The first-order valence-electron chi connectivity index (χ1n) is 8.71. The second kappa shape index (κ2) is 8.60. The number of hydrogen-bond donors (Lipinski definition) is 1. The zero-order valence-corrected chi connectivity index (χ0v) is 15.1. The number of hydrogen-bond acceptors (Lipinski definition) is 5. The van der Waals surface area contributed by atoms with Crippen molar-refractivity contribution in [3.8, 4) is 16.3 Å². The third-order valence-corrected chi connectivity index (χ3v) is 5.68. The average Bonchev–Trinajstić information content (AvgIpc) is 2.96. The van der Waals surface area contributed by atoms with E-state index in [1.807, 2.05) is 18.2 Å². The average molecular weight is 346 g/mol. The molecule has 4 nitrogen and oxygen atoms in total. The van der Waals surface area contributed by atoms with Crippen molar-refractivity contribution in [2.24, 2.45) is 5.92 Å². The third-order valence-electron chi connectivity index (χ3n) is 4.75. The van der Waals surface area contributed by atoms with E-state index in [0.717, 1.165) is 48.1 Å². The summed E-state index contributed by atoms with van der Waals surface area (Å²) in [5.74, 6) is 1.56. The number of likely N-dealkylation sites (tertiary alicyclic amines) is 1. The Balaban J connectivity index is 1.64. The van der Waals surface area contributed by atoms with Crippen molar-refractivity contribution in [1.29, 1.82) is 0 Å². The minimum atomic E-state index is 0.318. The summed E-state index contributed by atoms with van der Waals surface area (Å²) in [6, 6.07) is 8.05. The molecule has 0 saturated carbocycles. The molecule has 1 aliphatic heterocycles. The van der Waals surface area contributed by atoms with Crippen molar-refractivity contribution in [3.05, 3.63) is 35.3 Å². The fourth-order valence-electron chi connectivity index (χ4n) is 3.41. The van der Waals surface area contributed by atoms with Crippen LogP contribution in [0.1, 0.15) is 31.4 Å². The summed E-state index contributed by atoms with van der Waals surface area (Å²) in [6.07, 6.45) is 4.58. The van der Waals surface area contributed by atoms with E-state index in [0.29, 0.717) is 12.5 Å². The topological polar surface area (TPSA) is 45.6 Å². The summed E-state index contributed by atoms with van der Waals surface area (Å²) in [6.45, 7) is 3.46. The molecule has 1 N–H and O–H groups in total. The molecule has 1 atom stereocenters. The molecule has 0 aliphatic carbocycles. The van der Waals surface area contributed by atoms with E-state index in [4.69, 9.17) is 14.8 Å². The molecule has 24 heavy (non-hydrogen) atoms. The monoisotopic (exact) mass is 346 g/mol. The number of nitrogens with zero attached hydrogens (tertiary/aromatic N) is 2. The normalized spacial score (nSPS) is 19.2. The van der Waals surface area contributed by atoms with Gasteiger partial charge in [0.1, 0.15) is 10.8 Å². The van der Waals surface area contributed by atoms with Gasteiger partial charge in [-0.15, -0.1) is 11.3 Å². The van der Waals surface area contributed by atoms with E-state index in [1.54, 1.807) is 18.4 Å². The first-order valence-corrected chi connectivity index (χ1v) is 9.59. The number of methoxy groups -OCH3 is 1. The number of rotatable bonds is 6. The number of ether oxygens (including phenoxy) is 1. The van der Waals surface area contributed by atoms with Gasteiger partial charge in [-0.3, -0.25) is 4.90 Å². The third kappa shape index (κ3) is 4.35. The summed E-state index contributed by atoms with van der Waals surface area (Å²) >= 11 is 1.68. The van der Waals surface area contributed by atoms with Crippen molar-refractivity contribution in [2.75, 3.05) is 26.8 Å². The van der Waals surface area contributed by atoms with Gasteiger partial charge in [0.15, 0.2) is 0 Å². The van der Waals surface area contributed by atoms with Gasteiger partial charge in [0.25, 0.3) is 0 Å². The van der Waals surface area contributed by atoms with Gasteiger partial charge in [-0.05, 0) is 56.8 Å². The maximum absolute atomic E-state index is 9.13. The van der Waals surface area contributed by atoms with Gasteiger partial charge in [0.05, 0.1) is 18.4 Å². The Hall–Kier alpha value is -1.43. The van der Waals surface area contributed by atoms with Gasteiger partial charge < -0.3 is 9.84 Å². The smallest absolute Gasteiger partial charge is 0.129 e. The molecule has 0 spiro atoms. The highest BCUT2D eigenvalue weighted by molar-refractivity contribution is 7.13. The molecule has 1 fully saturated rings. The number of benzene rings is 1. The molecule has 0 radical (unpaired) electrons. The maximum Gasteiger partial charge on any atom is 0.129 e. The van der Waals surface area contributed by atoms with Gasteiger partial charge in [0, 0.05) is 18.5 Å². The van der Waals surface area contributed by atoms with E-state index in [2.05, 4.69) is 16.3 Å². The van der Waals surface area contributed by atoms with Crippen LogP contribution in [-0.4, -0.2) is 41.8 Å². The van der Waals surface area contributed by atoms with Crippen molar-refractivity contribution in [1.82, 2.24) is 9.88 Å². The molecule has 0 amide bonds. The van der Waals surface area contributed by atoms with Gasteiger partial charge in [-0.1, -0.05) is 12.1 Å². The van der Waals surface area contributed by atoms with Crippen LogP contribution in [0.2, 0.25) is 0 Å². The number of thiazole rings is 1. The second-order valence-electron chi connectivity index (χ2n) is 6.43. The highest BCUT2D eigenvalue weighted by Gasteiger charge is 2.18. The van der Waals surface area contributed by atoms with Gasteiger partial charge in [0.2, 0.25) is 0 Å². The Bertz CT molecular complexity index is 644.